The van der Waals surface area contributed by atoms with E-state index < -0.39 is 0 Å². The largest absolute Gasteiger partial charge is 0.468 e. The molecule has 1 aromatic carbocycles. The van der Waals surface area contributed by atoms with E-state index in [0.717, 1.165) is 12.2 Å². The highest BCUT2D eigenvalue weighted by atomic mass is 16.6. The zero-order chi connectivity index (χ0) is 11.0. The lowest BCUT2D eigenvalue weighted by Crippen LogP contribution is -2.26. The van der Waals surface area contributed by atoms with E-state index in [1.54, 1.807) is 0 Å². The summed E-state index contributed by atoms with van der Waals surface area (Å²) in [7, 11) is 0. The Morgan fingerprint density at radius 3 is 2.76 bits per heavy atom. The molecule has 1 nitrogen and oxygen atoms in total. The molecule has 1 unspecified atom stereocenters. The number of epoxide rings is 1. The van der Waals surface area contributed by atoms with Crippen molar-refractivity contribution in [2.24, 2.45) is 0 Å². The molecule has 80 valence electrons. The molecule has 0 bridgehead atoms. The Morgan fingerprint density at radius 2 is 1.82 bits per heavy atom. The Labute approximate surface area is 98.7 Å². The Kier molecular flexibility index (Phi) is 1.10. The van der Waals surface area contributed by atoms with Crippen molar-refractivity contribution in [2.45, 2.75) is 12.0 Å². The maximum atomic E-state index is 6.00. The van der Waals surface area contributed by atoms with Gasteiger partial charge in [-0.05, 0) is 17.2 Å². The van der Waals surface area contributed by atoms with Crippen LogP contribution in [0.15, 0.2) is 59.7 Å². The van der Waals surface area contributed by atoms with E-state index in [-0.39, 0.29) is 5.60 Å². The third kappa shape index (κ3) is 0.715. The fraction of sp³-hybridized carbons (Fsp3) is 0.125. The molecule has 0 saturated carbocycles. The van der Waals surface area contributed by atoms with Crippen molar-refractivity contribution >= 4 is 11.3 Å². The molecule has 3 aliphatic carbocycles. The van der Waals surface area contributed by atoms with Gasteiger partial charge in [0.05, 0.1) is 0 Å². The van der Waals surface area contributed by atoms with Crippen molar-refractivity contribution < 1.29 is 4.74 Å². The summed E-state index contributed by atoms with van der Waals surface area (Å²) in [6.45, 7) is 0. The summed E-state index contributed by atoms with van der Waals surface area (Å²) in [6, 6.07) is 8.55. The van der Waals surface area contributed by atoms with Gasteiger partial charge in [0.1, 0.15) is 0 Å². The summed E-state index contributed by atoms with van der Waals surface area (Å²) in [5.41, 5.74) is 3.91. The van der Waals surface area contributed by atoms with Crippen LogP contribution in [0, 0.1) is 0 Å². The number of benzene rings is 1. The molecule has 1 saturated heterocycles. The predicted octanol–water partition coefficient (Wildman–Crippen LogP) is 1.55. The summed E-state index contributed by atoms with van der Waals surface area (Å²) in [5, 5.41) is 2.62. The van der Waals surface area contributed by atoms with Crippen LogP contribution in [0.25, 0.3) is 11.3 Å². The Hall–Kier alpha value is -2.02. The highest BCUT2D eigenvalue weighted by Gasteiger charge is 2.62. The Balaban J connectivity index is 1.99. The quantitative estimate of drug-likeness (QED) is 0.602. The SMILES string of the molecule is C1=CC2=C(C=CC3=c4ccccc4=C4OC234)C1. The summed E-state index contributed by atoms with van der Waals surface area (Å²) >= 11 is 0. The number of allylic oxidation sites excluding steroid dienone is 3. The van der Waals surface area contributed by atoms with Crippen LogP contribution in [-0.2, 0) is 4.74 Å². The Bertz CT molecular complexity index is 789. The van der Waals surface area contributed by atoms with E-state index in [1.165, 1.54) is 27.2 Å². The van der Waals surface area contributed by atoms with Crippen LogP contribution in [0.2, 0.25) is 0 Å². The smallest absolute Gasteiger partial charge is 0.217 e. The summed E-state index contributed by atoms with van der Waals surface area (Å²) < 4.78 is 6.00. The van der Waals surface area contributed by atoms with E-state index in [9.17, 15) is 0 Å². The summed E-state index contributed by atoms with van der Waals surface area (Å²) in [6.07, 6.45) is 10.0. The van der Waals surface area contributed by atoms with Gasteiger partial charge >= 0.3 is 0 Å². The number of rotatable bonds is 0. The maximum absolute atomic E-state index is 6.00. The second kappa shape index (κ2) is 2.30. The highest BCUT2D eigenvalue weighted by molar-refractivity contribution is 5.97. The van der Waals surface area contributed by atoms with Gasteiger partial charge in [-0.1, -0.05) is 48.6 Å². The van der Waals surface area contributed by atoms with Crippen LogP contribution in [0.5, 0.6) is 0 Å². The average molecular weight is 218 g/mol. The van der Waals surface area contributed by atoms with Gasteiger partial charge in [0.15, 0.2) is 5.76 Å². The zero-order valence-corrected chi connectivity index (χ0v) is 9.23. The first-order chi connectivity index (χ1) is 8.41. The first kappa shape index (κ1) is 8.13. The lowest BCUT2D eigenvalue weighted by atomic mass is 9.85. The first-order valence-electron chi connectivity index (χ1n) is 6.03. The fourth-order valence-corrected chi connectivity index (χ4v) is 3.39. The summed E-state index contributed by atoms with van der Waals surface area (Å²) in [5.74, 6) is 1.16. The predicted molar refractivity (Wildman–Crippen MR) is 66.2 cm³/mol. The van der Waals surface area contributed by atoms with Crippen LogP contribution in [0.1, 0.15) is 6.42 Å². The summed E-state index contributed by atoms with van der Waals surface area (Å²) in [4.78, 5) is 0. The number of fused-ring (bicyclic) bond motifs is 1. The number of hydrogen-bond donors (Lipinski definition) is 0. The maximum Gasteiger partial charge on any atom is 0.217 e. The van der Waals surface area contributed by atoms with Crippen LogP contribution < -0.4 is 10.4 Å². The minimum atomic E-state index is -0.194. The minimum Gasteiger partial charge on any atom is -0.468 e. The standard InChI is InChI=1S/C16H10O/c1-2-6-12-11(5-1)14-9-8-10-4-3-7-13(10)16(14)15(12)17-16/h1-3,5-9H,4H2. The van der Waals surface area contributed by atoms with Crippen molar-refractivity contribution in [1.82, 2.24) is 0 Å². The van der Waals surface area contributed by atoms with Crippen LogP contribution in [0.4, 0.5) is 0 Å². The number of hydrogen-bond acceptors (Lipinski definition) is 1. The fourth-order valence-electron chi connectivity index (χ4n) is 3.39. The highest BCUT2D eigenvalue weighted by Crippen LogP contribution is 2.59. The molecule has 5 rings (SSSR count). The molecule has 0 aromatic heterocycles. The van der Waals surface area contributed by atoms with E-state index in [4.69, 9.17) is 4.74 Å². The molecule has 17 heavy (non-hydrogen) atoms. The molecule has 1 fully saturated rings. The molecule has 4 aliphatic rings. The lowest BCUT2D eigenvalue weighted by Gasteiger charge is -2.16. The molecule has 1 atom stereocenters. The van der Waals surface area contributed by atoms with E-state index >= 15 is 0 Å². The molecular weight excluding hydrogens is 208 g/mol. The van der Waals surface area contributed by atoms with Crippen molar-refractivity contribution in [3.05, 3.63) is 70.2 Å². The van der Waals surface area contributed by atoms with Gasteiger partial charge in [-0.15, -0.1) is 0 Å². The Morgan fingerprint density at radius 1 is 0.941 bits per heavy atom. The average Bonchev–Trinajstić information content (AvgIpc) is 2.80. The second-order valence-electron chi connectivity index (χ2n) is 4.95. The molecule has 1 aliphatic heterocycles. The van der Waals surface area contributed by atoms with Crippen molar-refractivity contribution in [3.63, 3.8) is 0 Å². The van der Waals surface area contributed by atoms with Gasteiger partial charge in [-0.3, -0.25) is 0 Å². The van der Waals surface area contributed by atoms with Crippen LogP contribution in [-0.4, -0.2) is 5.60 Å². The van der Waals surface area contributed by atoms with E-state index in [0.29, 0.717) is 0 Å². The first-order valence-corrected chi connectivity index (χ1v) is 6.03. The van der Waals surface area contributed by atoms with E-state index in [2.05, 4.69) is 48.6 Å². The molecule has 0 N–H and O–H groups in total. The monoisotopic (exact) mass is 218 g/mol. The minimum absolute atomic E-state index is 0.194. The van der Waals surface area contributed by atoms with Crippen molar-refractivity contribution in [1.29, 1.82) is 0 Å². The van der Waals surface area contributed by atoms with Crippen LogP contribution in [0.3, 0.4) is 0 Å². The van der Waals surface area contributed by atoms with Crippen LogP contribution >= 0.6 is 0 Å². The molecule has 1 spiro atoms. The van der Waals surface area contributed by atoms with Gasteiger partial charge in [0.25, 0.3) is 0 Å². The lowest BCUT2D eigenvalue weighted by molar-refractivity contribution is 0.416. The molecule has 0 radical (unpaired) electrons. The second-order valence-corrected chi connectivity index (χ2v) is 4.95. The molecule has 0 amide bonds. The normalized spacial score (nSPS) is 29.9. The molecule has 1 heterocycles. The van der Waals surface area contributed by atoms with Gasteiger partial charge in [0, 0.05) is 16.4 Å². The molecule has 1 heteroatoms. The topological polar surface area (TPSA) is 12.5 Å². The van der Waals surface area contributed by atoms with Gasteiger partial charge in [-0.25, -0.2) is 0 Å². The molecule has 1 aromatic rings. The zero-order valence-electron chi connectivity index (χ0n) is 9.23. The van der Waals surface area contributed by atoms with Gasteiger partial charge in [-0.2, -0.15) is 0 Å². The number of ether oxygens (including phenoxy) is 1. The molecular formula is C16H10O. The van der Waals surface area contributed by atoms with Crippen molar-refractivity contribution in [2.75, 3.05) is 0 Å². The van der Waals surface area contributed by atoms with E-state index in [1.807, 2.05) is 0 Å². The third-order valence-corrected chi connectivity index (χ3v) is 4.17. The van der Waals surface area contributed by atoms with Gasteiger partial charge < -0.3 is 4.74 Å². The van der Waals surface area contributed by atoms with Gasteiger partial charge in [0.2, 0.25) is 5.60 Å². The van der Waals surface area contributed by atoms with Crippen molar-refractivity contribution in [3.8, 4) is 0 Å². The third-order valence-electron chi connectivity index (χ3n) is 4.17.